The van der Waals surface area contributed by atoms with Gasteiger partial charge >= 0.3 is 0 Å². The number of nitrogens with zero attached hydrogens (tertiary/aromatic N) is 1. The Kier molecular flexibility index (Phi) is 3.66. The lowest BCUT2D eigenvalue weighted by Gasteiger charge is -2.30. The number of aromatic nitrogens is 1. The van der Waals surface area contributed by atoms with Crippen molar-refractivity contribution in [3.63, 3.8) is 0 Å². The number of amides is 1. The maximum atomic E-state index is 11.3. The Morgan fingerprint density at radius 2 is 2.17 bits per heavy atom. The molecule has 1 amide bonds. The van der Waals surface area contributed by atoms with Gasteiger partial charge in [0.1, 0.15) is 0 Å². The van der Waals surface area contributed by atoms with Crippen LogP contribution in [0.15, 0.2) is 17.1 Å². The average molecular weight is 250 g/mol. The molecule has 18 heavy (non-hydrogen) atoms. The van der Waals surface area contributed by atoms with Crippen molar-refractivity contribution in [1.82, 2.24) is 9.88 Å². The van der Waals surface area contributed by atoms with Crippen LogP contribution in [0.25, 0.3) is 0 Å². The van der Waals surface area contributed by atoms with E-state index in [2.05, 4.69) is 22.2 Å². The van der Waals surface area contributed by atoms with Crippen molar-refractivity contribution < 1.29 is 4.79 Å². The zero-order chi connectivity index (χ0) is 13.1. The third kappa shape index (κ3) is 2.89. The Hall–Kier alpha value is -1.82. The van der Waals surface area contributed by atoms with Gasteiger partial charge < -0.3 is 20.9 Å². The second-order valence-corrected chi connectivity index (χ2v) is 4.71. The summed E-state index contributed by atoms with van der Waals surface area (Å²) >= 11 is 0. The molecule has 1 aromatic heterocycles. The molecule has 1 saturated heterocycles. The molecular formula is C12H18N4O2. The number of primary amides is 1. The highest BCUT2D eigenvalue weighted by atomic mass is 16.1. The third-order valence-corrected chi connectivity index (χ3v) is 3.27. The molecule has 4 N–H and O–H groups in total. The van der Waals surface area contributed by atoms with Gasteiger partial charge in [0.05, 0.1) is 11.3 Å². The van der Waals surface area contributed by atoms with Gasteiger partial charge in [-0.2, -0.15) is 0 Å². The van der Waals surface area contributed by atoms with Crippen LogP contribution in [0.2, 0.25) is 0 Å². The van der Waals surface area contributed by atoms with Gasteiger partial charge in [-0.05, 0) is 33.0 Å². The molecular weight excluding hydrogens is 232 g/mol. The number of pyridine rings is 1. The van der Waals surface area contributed by atoms with Gasteiger partial charge in [0.25, 0.3) is 5.91 Å². The Bertz CT molecular complexity index is 489. The topological polar surface area (TPSA) is 91.2 Å². The van der Waals surface area contributed by atoms with Crippen LogP contribution in [0.1, 0.15) is 23.2 Å². The summed E-state index contributed by atoms with van der Waals surface area (Å²) in [6, 6.07) is 1.67. The van der Waals surface area contributed by atoms with Crippen LogP contribution < -0.4 is 16.6 Å². The van der Waals surface area contributed by atoms with Crippen LogP contribution in [-0.4, -0.2) is 42.0 Å². The highest BCUT2D eigenvalue weighted by Crippen LogP contribution is 2.17. The highest BCUT2D eigenvalue weighted by molar-refractivity contribution is 5.98. The molecule has 2 heterocycles. The Balaban J connectivity index is 2.15. The number of carbonyl (C=O) groups is 1. The van der Waals surface area contributed by atoms with E-state index in [4.69, 9.17) is 5.73 Å². The molecule has 6 heteroatoms. The van der Waals surface area contributed by atoms with Crippen molar-refractivity contribution in [1.29, 1.82) is 0 Å². The van der Waals surface area contributed by atoms with Crippen LogP contribution in [0.4, 0.5) is 5.69 Å². The number of hydrogen-bond acceptors (Lipinski definition) is 4. The molecule has 1 aliphatic rings. The summed E-state index contributed by atoms with van der Waals surface area (Å²) in [5.74, 6) is -0.540. The van der Waals surface area contributed by atoms with Crippen LogP contribution in [0.5, 0.6) is 0 Å². The van der Waals surface area contributed by atoms with Gasteiger partial charge in [0, 0.05) is 18.3 Å². The van der Waals surface area contributed by atoms with Crippen molar-refractivity contribution in [3.05, 3.63) is 28.2 Å². The zero-order valence-corrected chi connectivity index (χ0v) is 10.4. The Morgan fingerprint density at radius 1 is 1.50 bits per heavy atom. The van der Waals surface area contributed by atoms with E-state index >= 15 is 0 Å². The molecule has 0 unspecified atom stereocenters. The van der Waals surface area contributed by atoms with Gasteiger partial charge in [-0.15, -0.1) is 0 Å². The highest BCUT2D eigenvalue weighted by Gasteiger charge is 2.18. The Morgan fingerprint density at radius 3 is 2.78 bits per heavy atom. The predicted octanol–water partition coefficient (Wildman–Crippen LogP) is -0.0201. The monoisotopic (exact) mass is 250 g/mol. The minimum absolute atomic E-state index is 0.240. The lowest BCUT2D eigenvalue weighted by Crippen LogP contribution is -2.37. The predicted molar refractivity (Wildman–Crippen MR) is 69.7 cm³/mol. The molecule has 0 spiro atoms. The number of nitrogens with one attached hydrogen (secondary N) is 2. The summed E-state index contributed by atoms with van der Waals surface area (Å²) in [5, 5.41) is 3.24. The maximum Gasteiger partial charge on any atom is 0.252 e. The number of hydrogen-bond donors (Lipinski definition) is 3. The summed E-state index contributed by atoms with van der Waals surface area (Å²) in [5.41, 5.74) is 5.90. The first kappa shape index (κ1) is 12.6. The van der Waals surface area contributed by atoms with Gasteiger partial charge in [-0.25, -0.2) is 0 Å². The molecule has 0 saturated carbocycles. The van der Waals surface area contributed by atoms with E-state index in [-0.39, 0.29) is 11.6 Å². The van der Waals surface area contributed by atoms with Gasteiger partial charge in [0.2, 0.25) is 5.56 Å². The second-order valence-electron chi connectivity index (χ2n) is 4.71. The lowest BCUT2D eigenvalue weighted by atomic mass is 10.0. The van der Waals surface area contributed by atoms with Gasteiger partial charge in [0.15, 0.2) is 0 Å². The van der Waals surface area contributed by atoms with Crippen LogP contribution in [0.3, 0.4) is 0 Å². The number of rotatable bonds is 3. The van der Waals surface area contributed by atoms with E-state index in [1.54, 1.807) is 0 Å². The third-order valence-electron chi connectivity index (χ3n) is 3.27. The summed E-state index contributed by atoms with van der Waals surface area (Å²) < 4.78 is 0. The lowest BCUT2D eigenvalue weighted by molar-refractivity contribution is 0.100. The maximum absolute atomic E-state index is 11.3. The van der Waals surface area contributed by atoms with Crippen molar-refractivity contribution in [2.24, 2.45) is 5.73 Å². The molecule has 0 radical (unpaired) electrons. The zero-order valence-electron chi connectivity index (χ0n) is 10.4. The number of carbonyl (C=O) groups excluding carboxylic acids is 1. The molecule has 1 aromatic rings. The molecule has 0 bridgehead atoms. The summed E-state index contributed by atoms with van der Waals surface area (Å²) in [7, 11) is 2.08. The van der Waals surface area contributed by atoms with E-state index in [1.807, 2.05) is 0 Å². The fraction of sp³-hybridized carbons (Fsp3) is 0.500. The molecule has 6 nitrogen and oxygen atoms in total. The number of aromatic amines is 1. The second kappa shape index (κ2) is 5.22. The minimum atomic E-state index is -0.540. The first-order chi connectivity index (χ1) is 8.56. The largest absolute Gasteiger partial charge is 0.381 e. The standard InChI is InChI=1S/C12H18N4O2/c1-16-4-2-8(3-5-16)15-10-6-11(17)14-7-9(10)12(13)18/h6-8H,2-5H2,1H3,(H2,13,18)(H2,14,15,17). The molecule has 0 aromatic carbocycles. The molecule has 0 atom stereocenters. The molecule has 2 rings (SSSR count). The summed E-state index contributed by atoms with van der Waals surface area (Å²) in [4.78, 5) is 27.3. The van der Waals surface area contributed by atoms with E-state index in [1.165, 1.54) is 12.3 Å². The number of piperidine rings is 1. The van der Waals surface area contributed by atoms with Crippen molar-refractivity contribution in [2.75, 3.05) is 25.5 Å². The average Bonchev–Trinajstić information content (AvgIpc) is 2.32. The fourth-order valence-corrected chi connectivity index (χ4v) is 2.17. The smallest absolute Gasteiger partial charge is 0.252 e. The van der Waals surface area contributed by atoms with E-state index in [0.29, 0.717) is 11.3 Å². The van der Waals surface area contributed by atoms with Crippen LogP contribution >= 0.6 is 0 Å². The molecule has 1 aliphatic heterocycles. The number of nitrogens with two attached hydrogens (primary N) is 1. The number of anilines is 1. The normalized spacial score (nSPS) is 17.6. The van der Waals surface area contributed by atoms with Crippen molar-refractivity contribution in [2.45, 2.75) is 18.9 Å². The van der Waals surface area contributed by atoms with Crippen molar-refractivity contribution in [3.8, 4) is 0 Å². The van der Waals surface area contributed by atoms with Gasteiger partial charge in [-0.3, -0.25) is 9.59 Å². The van der Waals surface area contributed by atoms with Crippen molar-refractivity contribution >= 4 is 11.6 Å². The SMILES string of the molecule is CN1CCC(Nc2cc(=O)[nH]cc2C(N)=O)CC1. The molecule has 98 valence electrons. The first-order valence-electron chi connectivity index (χ1n) is 6.04. The molecule has 0 aliphatic carbocycles. The fourth-order valence-electron chi connectivity index (χ4n) is 2.17. The van der Waals surface area contributed by atoms with E-state index in [0.717, 1.165) is 25.9 Å². The van der Waals surface area contributed by atoms with E-state index < -0.39 is 5.91 Å². The Labute approximate surface area is 105 Å². The minimum Gasteiger partial charge on any atom is -0.381 e. The number of H-pyrrole nitrogens is 1. The number of likely N-dealkylation sites (tertiary alicyclic amines) is 1. The summed E-state index contributed by atoms with van der Waals surface area (Å²) in [6.45, 7) is 2.01. The van der Waals surface area contributed by atoms with Crippen LogP contribution in [0, 0.1) is 0 Å². The summed E-state index contributed by atoms with van der Waals surface area (Å²) in [6.07, 6.45) is 3.34. The van der Waals surface area contributed by atoms with Crippen LogP contribution in [-0.2, 0) is 0 Å². The quantitative estimate of drug-likeness (QED) is 0.703. The first-order valence-corrected chi connectivity index (χ1v) is 6.04. The van der Waals surface area contributed by atoms with E-state index in [9.17, 15) is 9.59 Å². The van der Waals surface area contributed by atoms with Gasteiger partial charge in [-0.1, -0.05) is 0 Å². The molecule has 1 fully saturated rings.